The highest BCUT2D eigenvalue weighted by atomic mass is 32.2. The van der Waals surface area contributed by atoms with Gasteiger partial charge in [-0.2, -0.15) is 13.2 Å². The maximum absolute atomic E-state index is 13.4. The van der Waals surface area contributed by atoms with E-state index in [1.807, 2.05) is 0 Å². The number of nitrogens with zero attached hydrogens (tertiary/aromatic N) is 1. The van der Waals surface area contributed by atoms with Crippen LogP contribution >= 0.6 is 0 Å². The van der Waals surface area contributed by atoms with Gasteiger partial charge in [0.05, 0.1) is 5.69 Å². The van der Waals surface area contributed by atoms with Gasteiger partial charge in [-0.25, -0.2) is 12.8 Å². The summed E-state index contributed by atoms with van der Waals surface area (Å²) in [6.45, 7) is 0. The standard InChI is InChI=1S/C17H18F4N2O4S/c18-10-1-6-13(14(9-10)28(26,27)17(19,20)21)22-11-2-4-12(5-3-11)23-15(24)7-8-16(23)25/h1,6,9,11-12,22H,2-5,7-8H2. The van der Waals surface area contributed by atoms with E-state index in [4.69, 9.17) is 0 Å². The van der Waals surface area contributed by atoms with Gasteiger partial charge in [0.25, 0.3) is 9.84 Å². The van der Waals surface area contributed by atoms with Crippen LogP contribution in [0.1, 0.15) is 38.5 Å². The molecule has 6 nitrogen and oxygen atoms in total. The highest BCUT2D eigenvalue weighted by Gasteiger charge is 2.48. The van der Waals surface area contributed by atoms with E-state index < -0.39 is 26.1 Å². The molecule has 1 aliphatic carbocycles. The van der Waals surface area contributed by atoms with Gasteiger partial charge >= 0.3 is 5.51 Å². The Morgan fingerprint density at radius 2 is 1.57 bits per heavy atom. The normalized spacial score (nSPS) is 23.9. The van der Waals surface area contributed by atoms with Crippen molar-refractivity contribution in [3.05, 3.63) is 24.0 Å². The molecule has 2 aliphatic rings. The lowest BCUT2D eigenvalue weighted by molar-refractivity contribution is -0.141. The number of benzene rings is 1. The van der Waals surface area contributed by atoms with Crippen LogP contribution in [0.25, 0.3) is 0 Å². The summed E-state index contributed by atoms with van der Waals surface area (Å²) in [5.41, 5.74) is -5.87. The monoisotopic (exact) mass is 422 g/mol. The number of rotatable bonds is 4. The molecule has 1 aliphatic heterocycles. The van der Waals surface area contributed by atoms with Crippen molar-refractivity contribution in [3.63, 3.8) is 0 Å². The lowest BCUT2D eigenvalue weighted by Gasteiger charge is -2.34. The first-order valence-corrected chi connectivity index (χ1v) is 10.2. The number of amides is 2. The van der Waals surface area contributed by atoms with E-state index >= 15 is 0 Å². The number of imide groups is 1. The molecular weight excluding hydrogens is 404 g/mol. The number of carbonyl (C=O) groups is 2. The minimum Gasteiger partial charge on any atom is -0.381 e. The van der Waals surface area contributed by atoms with Crippen LogP contribution in [0, 0.1) is 5.82 Å². The van der Waals surface area contributed by atoms with Crippen molar-refractivity contribution in [2.75, 3.05) is 5.32 Å². The van der Waals surface area contributed by atoms with Crippen LogP contribution in [0.4, 0.5) is 23.2 Å². The SMILES string of the molecule is O=C1CCC(=O)N1C1CCC(Nc2ccc(F)cc2S(=O)(=O)C(F)(F)F)CC1. The van der Waals surface area contributed by atoms with Gasteiger partial charge in [-0.3, -0.25) is 14.5 Å². The van der Waals surface area contributed by atoms with Crippen LogP contribution in [0.2, 0.25) is 0 Å². The van der Waals surface area contributed by atoms with Crippen LogP contribution in [0.3, 0.4) is 0 Å². The van der Waals surface area contributed by atoms with E-state index in [0.717, 1.165) is 12.1 Å². The van der Waals surface area contributed by atoms with Crippen molar-refractivity contribution in [2.24, 2.45) is 0 Å². The predicted molar refractivity (Wildman–Crippen MR) is 90.4 cm³/mol. The van der Waals surface area contributed by atoms with E-state index in [-0.39, 0.29) is 42.4 Å². The highest BCUT2D eigenvalue weighted by Crippen LogP contribution is 2.36. The minimum absolute atomic E-state index is 0.186. The van der Waals surface area contributed by atoms with Crippen molar-refractivity contribution in [3.8, 4) is 0 Å². The van der Waals surface area contributed by atoms with Gasteiger partial charge in [-0.1, -0.05) is 0 Å². The van der Waals surface area contributed by atoms with Crippen molar-refractivity contribution in [1.82, 2.24) is 4.90 Å². The zero-order valence-corrected chi connectivity index (χ0v) is 15.4. The fourth-order valence-corrected chi connectivity index (χ4v) is 4.60. The number of carbonyl (C=O) groups excluding carboxylic acids is 2. The molecular formula is C17H18F4N2O4S. The molecule has 0 spiro atoms. The molecule has 1 aromatic rings. The number of halogens is 4. The molecule has 0 bridgehead atoms. The molecule has 2 fully saturated rings. The van der Waals surface area contributed by atoms with Gasteiger partial charge in [0.1, 0.15) is 10.7 Å². The highest BCUT2D eigenvalue weighted by molar-refractivity contribution is 7.92. The molecule has 2 amide bonds. The van der Waals surface area contributed by atoms with E-state index in [9.17, 15) is 35.6 Å². The number of sulfone groups is 1. The third-order valence-electron chi connectivity index (χ3n) is 5.05. The number of likely N-dealkylation sites (tertiary alicyclic amines) is 1. The van der Waals surface area contributed by atoms with Crippen molar-refractivity contribution in [1.29, 1.82) is 0 Å². The third-order valence-corrected chi connectivity index (χ3v) is 6.58. The van der Waals surface area contributed by atoms with Gasteiger partial charge in [-0.05, 0) is 43.9 Å². The first kappa shape index (κ1) is 20.6. The number of anilines is 1. The van der Waals surface area contributed by atoms with Gasteiger partial charge in [0, 0.05) is 24.9 Å². The van der Waals surface area contributed by atoms with E-state index in [1.165, 1.54) is 4.90 Å². The quantitative estimate of drug-likeness (QED) is 0.596. The molecule has 0 radical (unpaired) electrons. The molecule has 28 heavy (non-hydrogen) atoms. The maximum Gasteiger partial charge on any atom is 0.501 e. The lowest BCUT2D eigenvalue weighted by Crippen LogP contribution is -2.43. The predicted octanol–water partition coefficient (Wildman–Crippen LogP) is 2.99. The number of hydrogen-bond donors (Lipinski definition) is 1. The van der Waals surface area contributed by atoms with E-state index in [2.05, 4.69) is 5.32 Å². The Labute approximate surface area is 158 Å². The van der Waals surface area contributed by atoms with Crippen molar-refractivity contribution < 1.29 is 35.6 Å². The van der Waals surface area contributed by atoms with Crippen molar-refractivity contribution in [2.45, 2.75) is 61.0 Å². The summed E-state index contributed by atoms with van der Waals surface area (Å²) in [6.07, 6.45) is 2.13. The van der Waals surface area contributed by atoms with Gasteiger partial charge in [0.15, 0.2) is 0 Å². The summed E-state index contributed by atoms with van der Waals surface area (Å²) in [7, 11) is -5.72. The molecule has 11 heteroatoms. The number of nitrogens with one attached hydrogen (secondary N) is 1. The Balaban J connectivity index is 1.74. The minimum atomic E-state index is -5.72. The van der Waals surface area contributed by atoms with Crippen molar-refractivity contribution >= 4 is 27.3 Å². The summed E-state index contributed by atoms with van der Waals surface area (Å²) in [4.78, 5) is 23.7. The molecule has 1 saturated carbocycles. The van der Waals surface area contributed by atoms with Gasteiger partial charge < -0.3 is 5.32 Å². The molecule has 1 saturated heterocycles. The largest absolute Gasteiger partial charge is 0.501 e. The first-order chi connectivity index (χ1) is 13.0. The van der Waals surface area contributed by atoms with Gasteiger partial charge in [-0.15, -0.1) is 0 Å². The Morgan fingerprint density at radius 3 is 2.11 bits per heavy atom. The second kappa shape index (κ2) is 7.34. The molecule has 0 unspecified atom stereocenters. The smallest absolute Gasteiger partial charge is 0.381 e. The molecule has 1 N–H and O–H groups in total. The van der Waals surface area contributed by atoms with Crippen LogP contribution in [-0.2, 0) is 19.4 Å². The molecule has 3 rings (SSSR count). The second-order valence-corrected chi connectivity index (χ2v) is 8.81. The van der Waals surface area contributed by atoms with Crippen LogP contribution < -0.4 is 5.32 Å². The third kappa shape index (κ3) is 3.85. The van der Waals surface area contributed by atoms with Crippen LogP contribution in [-0.4, -0.2) is 42.7 Å². The van der Waals surface area contributed by atoms with E-state index in [0.29, 0.717) is 31.7 Å². The molecule has 0 aromatic heterocycles. The summed E-state index contributed by atoms with van der Waals surface area (Å²) in [5.74, 6) is -1.54. The van der Waals surface area contributed by atoms with Crippen LogP contribution in [0.15, 0.2) is 23.1 Å². The van der Waals surface area contributed by atoms with E-state index in [1.54, 1.807) is 0 Å². The second-order valence-electron chi connectivity index (χ2n) is 6.90. The van der Waals surface area contributed by atoms with Gasteiger partial charge in [0.2, 0.25) is 11.8 Å². The Kier molecular flexibility index (Phi) is 5.39. The Bertz CT molecular complexity index is 877. The topological polar surface area (TPSA) is 83.6 Å². The molecule has 1 aromatic carbocycles. The Hall–Kier alpha value is -2.17. The summed E-state index contributed by atoms with van der Waals surface area (Å²) in [5, 5.41) is 2.75. The fraction of sp³-hybridized carbons (Fsp3) is 0.529. The summed E-state index contributed by atoms with van der Waals surface area (Å²) < 4.78 is 75.6. The maximum atomic E-state index is 13.4. The first-order valence-electron chi connectivity index (χ1n) is 8.73. The Morgan fingerprint density at radius 1 is 1.00 bits per heavy atom. The molecule has 154 valence electrons. The average molecular weight is 422 g/mol. The lowest BCUT2D eigenvalue weighted by atomic mass is 9.90. The summed E-state index contributed by atoms with van der Waals surface area (Å²) >= 11 is 0. The molecule has 0 atom stereocenters. The number of hydrogen-bond acceptors (Lipinski definition) is 5. The average Bonchev–Trinajstić information content (AvgIpc) is 2.95. The zero-order valence-electron chi connectivity index (χ0n) is 14.6. The summed E-state index contributed by atoms with van der Waals surface area (Å²) in [6, 6.07) is 1.57. The number of alkyl halides is 3. The fourth-order valence-electron chi connectivity index (χ4n) is 3.66. The zero-order chi connectivity index (χ0) is 20.7. The molecule has 1 heterocycles. The van der Waals surface area contributed by atoms with Crippen LogP contribution in [0.5, 0.6) is 0 Å².